The minimum atomic E-state index is -0.872. The van der Waals surface area contributed by atoms with Crippen LogP contribution in [0.5, 0.6) is 5.75 Å². The van der Waals surface area contributed by atoms with Crippen LogP contribution in [-0.4, -0.2) is 164 Å². The Morgan fingerprint density at radius 3 is 2.29 bits per heavy atom. The SMILES string of the molecule is C#Cc1ccc(CNC(=O)[C@@H]2C[C@@H](O)CN2C(=O)[C@@H](NC(=O)N2CCC(CN3CCC(N4CCC(N5CCC6Nc7nnc(-c8ccccc8O)cc7C6[C@H]5C)CC4)CC3)CC2)C(C)(C)C)cc1. The van der Waals surface area contributed by atoms with Gasteiger partial charge in [-0.3, -0.25) is 14.5 Å². The first-order valence-electron chi connectivity index (χ1n) is 25.3. The average Bonchev–Trinajstić information content (AvgIpc) is 3.93. The van der Waals surface area contributed by atoms with Gasteiger partial charge in [0.2, 0.25) is 11.8 Å². The number of para-hydroxylation sites is 1. The van der Waals surface area contributed by atoms with E-state index < -0.39 is 23.6 Å². The van der Waals surface area contributed by atoms with Crippen LogP contribution in [0.25, 0.3) is 11.3 Å². The Balaban J connectivity index is 0.705. The number of nitrogens with zero attached hydrogens (tertiary/aromatic N) is 7. The van der Waals surface area contributed by atoms with Crippen LogP contribution in [0.4, 0.5) is 10.6 Å². The van der Waals surface area contributed by atoms with E-state index in [0.29, 0.717) is 49.1 Å². The number of piperidine rings is 4. The number of fused-ring (bicyclic) bond motifs is 3. The second kappa shape index (κ2) is 20.4. The number of aliphatic hydroxyl groups is 1. The van der Waals surface area contributed by atoms with Crippen LogP contribution in [-0.2, 0) is 16.1 Å². The maximum Gasteiger partial charge on any atom is 0.318 e. The van der Waals surface area contributed by atoms with Crippen LogP contribution in [0.2, 0.25) is 0 Å². The number of likely N-dealkylation sites (tertiary alicyclic amines) is 5. The summed E-state index contributed by atoms with van der Waals surface area (Å²) in [5, 5.41) is 39.9. The molecule has 9 rings (SSSR count). The molecule has 1 aromatic heterocycles. The van der Waals surface area contributed by atoms with Gasteiger partial charge >= 0.3 is 6.03 Å². The highest BCUT2D eigenvalue weighted by molar-refractivity contribution is 5.93. The van der Waals surface area contributed by atoms with Gasteiger partial charge in [-0.2, -0.15) is 0 Å². The van der Waals surface area contributed by atoms with E-state index in [4.69, 9.17) is 6.42 Å². The van der Waals surface area contributed by atoms with E-state index in [1.807, 2.05) is 68.1 Å². The van der Waals surface area contributed by atoms with Gasteiger partial charge in [0.25, 0.3) is 0 Å². The molecule has 15 nitrogen and oxygen atoms in total. The highest BCUT2D eigenvalue weighted by Gasteiger charge is 2.47. The van der Waals surface area contributed by atoms with Crippen molar-refractivity contribution in [1.29, 1.82) is 0 Å². The summed E-state index contributed by atoms with van der Waals surface area (Å²) in [6.45, 7) is 16.4. The predicted octanol–water partition coefficient (Wildman–Crippen LogP) is 4.85. The van der Waals surface area contributed by atoms with E-state index in [9.17, 15) is 24.6 Å². The molecule has 0 saturated carbocycles. The van der Waals surface area contributed by atoms with Crippen molar-refractivity contribution in [3.8, 4) is 29.4 Å². The molecule has 4 amide bonds. The molecule has 6 aliphatic rings. The molecule has 5 N–H and O–H groups in total. The average molecular weight is 929 g/mol. The Hall–Kier alpha value is -5.27. The van der Waals surface area contributed by atoms with Crippen LogP contribution in [0, 0.1) is 23.7 Å². The maximum absolute atomic E-state index is 14.2. The Morgan fingerprint density at radius 2 is 1.60 bits per heavy atom. The number of hydrogen-bond acceptors (Lipinski definition) is 11. The quantitative estimate of drug-likeness (QED) is 0.177. The standard InChI is InChI=1S/C53H72N10O5/c1-6-35-11-13-36(14-12-35)31-54-50(66)45-29-40(64)33-63(45)51(67)48(53(3,4)5)56-52(68)61-24-15-37(16-25-61)32-59-22-17-38(18-23-59)60-26-19-39(20-27-60)62-28-21-43-47(34(62)2)42-30-44(57-58-49(42)55-43)41-9-7-8-10-46(41)65/h1,7-14,30,34,37-40,43,45,47-48,64-65H,15-29,31-33H2,2-5H3,(H,54,66)(H,55,58)(H,56,68)/t34-,40-,43?,45+,47?,48-/m1/s1. The van der Waals surface area contributed by atoms with Crippen LogP contribution < -0.4 is 16.0 Å². The van der Waals surface area contributed by atoms with E-state index in [-0.39, 0.29) is 43.1 Å². The fraction of sp³-hybridized carbons (Fsp3) is 0.604. The zero-order chi connectivity index (χ0) is 47.7. The molecular weight excluding hydrogens is 857 g/mol. The molecule has 3 aromatic rings. The highest BCUT2D eigenvalue weighted by Crippen LogP contribution is 2.45. The third kappa shape index (κ3) is 10.3. The molecule has 5 fully saturated rings. The summed E-state index contributed by atoms with van der Waals surface area (Å²) in [7, 11) is 0. The van der Waals surface area contributed by atoms with Gasteiger partial charge in [0.1, 0.15) is 17.8 Å². The van der Waals surface area contributed by atoms with Gasteiger partial charge in [-0.05, 0) is 125 Å². The van der Waals surface area contributed by atoms with Crippen molar-refractivity contribution in [1.82, 2.24) is 45.3 Å². The van der Waals surface area contributed by atoms with Crippen LogP contribution in [0.3, 0.4) is 0 Å². The molecule has 6 aliphatic heterocycles. The third-order valence-electron chi connectivity index (χ3n) is 16.2. The molecule has 0 radical (unpaired) electrons. The molecule has 2 aromatic carbocycles. The number of hydrogen-bond donors (Lipinski definition) is 5. The maximum atomic E-state index is 14.2. The lowest BCUT2D eigenvalue weighted by atomic mass is 9.81. The van der Waals surface area contributed by atoms with E-state index in [1.54, 1.807) is 6.07 Å². The molecule has 7 heterocycles. The van der Waals surface area contributed by atoms with Gasteiger partial charge in [0.15, 0.2) is 5.82 Å². The molecule has 2 unspecified atom stereocenters. The molecule has 0 spiro atoms. The number of rotatable bonds is 10. The minimum absolute atomic E-state index is 0.0348. The number of β-amino-alcohol motifs (C(OH)–C–C–N with tert-alkyl or cyclic N) is 1. The summed E-state index contributed by atoms with van der Waals surface area (Å²) >= 11 is 0. The number of aliphatic hydroxyl groups excluding tert-OH is 1. The van der Waals surface area contributed by atoms with Crippen LogP contribution >= 0.6 is 0 Å². The summed E-state index contributed by atoms with van der Waals surface area (Å²) in [5.74, 6) is 3.87. The number of benzene rings is 2. The zero-order valence-electron chi connectivity index (χ0n) is 40.4. The number of carbonyl (C=O) groups excluding carboxylic acids is 3. The molecule has 15 heteroatoms. The van der Waals surface area contributed by atoms with Crippen molar-refractivity contribution < 1.29 is 24.6 Å². The van der Waals surface area contributed by atoms with Gasteiger partial charge in [0, 0.05) is 92.5 Å². The number of nitrogens with one attached hydrogen (secondary N) is 3. The number of aromatic nitrogens is 2. The summed E-state index contributed by atoms with van der Waals surface area (Å²) in [6, 6.07) is 16.8. The van der Waals surface area contributed by atoms with Crippen LogP contribution in [0.1, 0.15) is 102 Å². The summed E-state index contributed by atoms with van der Waals surface area (Å²) in [4.78, 5) is 52.8. The lowest BCUT2D eigenvalue weighted by Crippen LogP contribution is -2.60. The first kappa shape index (κ1) is 47.8. The number of urea groups is 1. The second-order valence-electron chi connectivity index (χ2n) is 21.5. The number of phenols is 1. The number of amides is 4. The van der Waals surface area contributed by atoms with Crippen molar-refractivity contribution in [3.05, 3.63) is 71.3 Å². The predicted molar refractivity (Wildman–Crippen MR) is 263 cm³/mol. The lowest BCUT2D eigenvalue weighted by Gasteiger charge is -2.49. The molecule has 0 aliphatic carbocycles. The topological polar surface area (TPSA) is 170 Å². The van der Waals surface area contributed by atoms with Gasteiger partial charge in [-0.1, -0.05) is 51.0 Å². The molecule has 6 atom stereocenters. The van der Waals surface area contributed by atoms with Gasteiger partial charge in [-0.25, -0.2) is 4.79 Å². The largest absolute Gasteiger partial charge is 0.507 e. The van der Waals surface area contributed by atoms with Gasteiger partial charge < -0.3 is 45.8 Å². The molecule has 0 bridgehead atoms. The smallest absolute Gasteiger partial charge is 0.318 e. The normalized spacial score (nSPS) is 26.1. The van der Waals surface area contributed by atoms with Crippen molar-refractivity contribution in [3.63, 3.8) is 0 Å². The first-order chi connectivity index (χ1) is 32.7. The highest BCUT2D eigenvalue weighted by atomic mass is 16.3. The summed E-state index contributed by atoms with van der Waals surface area (Å²) < 4.78 is 0. The Labute approximate surface area is 402 Å². The third-order valence-corrected chi connectivity index (χ3v) is 16.2. The lowest BCUT2D eigenvalue weighted by molar-refractivity contribution is -0.142. The van der Waals surface area contributed by atoms with Gasteiger partial charge in [0.05, 0.1) is 11.8 Å². The van der Waals surface area contributed by atoms with Gasteiger partial charge in [-0.15, -0.1) is 16.6 Å². The second-order valence-corrected chi connectivity index (χ2v) is 21.5. The fourth-order valence-corrected chi connectivity index (χ4v) is 12.2. The van der Waals surface area contributed by atoms with Crippen LogP contribution in [0.15, 0.2) is 54.6 Å². The van der Waals surface area contributed by atoms with Crippen molar-refractivity contribution in [2.45, 2.75) is 134 Å². The van der Waals surface area contributed by atoms with E-state index in [0.717, 1.165) is 86.7 Å². The molecular formula is C53H72N10O5. The van der Waals surface area contributed by atoms with Crippen molar-refractivity contribution in [2.75, 3.05) is 64.2 Å². The number of anilines is 1. The van der Waals surface area contributed by atoms with Crippen molar-refractivity contribution in [2.24, 2.45) is 11.3 Å². The van der Waals surface area contributed by atoms with E-state index in [2.05, 4.69) is 59.8 Å². The van der Waals surface area contributed by atoms with Crippen molar-refractivity contribution >= 4 is 23.7 Å². The summed E-state index contributed by atoms with van der Waals surface area (Å²) in [5.41, 5.74) is 3.66. The first-order valence-corrected chi connectivity index (χ1v) is 25.3. The number of terminal acetylenes is 1. The number of carbonyl (C=O) groups is 3. The molecule has 364 valence electrons. The Kier molecular flexibility index (Phi) is 14.3. The van der Waals surface area contributed by atoms with E-state index in [1.165, 1.54) is 36.1 Å². The van der Waals surface area contributed by atoms with E-state index >= 15 is 0 Å². The Morgan fingerprint density at radius 1 is 0.897 bits per heavy atom. The zero-order valence-corrected chi connectivity index (χ0v) is 40.4. The number of phenolic OH excluding ortho intramolecular Hbond substituents is 1. The number of aromatic hydroxyl groups is 1. The minimum Gasteiger partial charge on any atom is -0.507 e. The molecule has 5 saturated heterocycles. The monoisotopic (exact) mass is 929 g/mol. The molecule has 68 heavy (non-hydrogen) atoms. The summed E-state index contributed by atoms with van der Waals surface area (Å²) in [6.07, 6.45) is 12.5. The Bertz CT molecular complexity index is 2310. The fourth-order valence-electron chi connectivity index (χ4n) is 12.2.